The molecule has 0 bridgehead atoms. The second kappa shape index (κ2) is 6.46. The van der Waals surface area contributed by atoms with Crippen molar-refractivity contribution >= 4 is 5.91 Å². The number of methoxy groups -OCH3 is 1. The molecular formula is C15H18F3NO3. The Morgan fingerprint density at radius 3 is 2.82 bits per heavy atom. The predicted molar refractivity (Wildman–Crippen MR) is 73.7 cm³/mol. The molecule has 22 heavy (non-hydrogen) atoms. The van der Waals surface area contributed by atoms with Gasteiger partial charge in [0.2, 0.25) is 5.91 Å². The van der Waals surface area contributed by atoms with Crippen LogP contribution in [-0.4, -0.2) is 42.3 Å². The molecule has 1 amide bonds. The fourth-order valence-electron chi connectivity index (χ4n) is 2.65. The summed E-state index contributed by atoms with van der Waals surface area (Å²) in [6, 6.07) is 4.34. The van der Waals surface area contributed by atoms with Gasteiger partial charge in [-0.1, -0.05) is 0 Å². The summed E-state index contributed by atoms with van der Waals surface area (Å²) in [5.74, 6) is -1.44. The number of carbonyl (C=O) groups is 1. The van der Waals surface area contributed by atoms with Gasteiger partial charge in [-0.05, 0) is 31.0 Å². The summed E-state index contributed by atoms with van der Waals surface area (Å²) in [4.78, 5) is 13.5. The Labute approximate surface area is 126 Å². The van der Waals surface area contributed by atoms with Crippen LogP contribution in [0.1, 0.15) is 18.4 Å². The predicted octanol–water partition coefficient (Wildman–Crippen LogP) is 2.74. The summed E-state index contributed by atoms with van der Waals surface area (Å²) >= 11 is 0. The summed E-state index contributed by atoms with van der Waals surface area (Å²) in [6.07, 6.45) is -3.97. The monoisotopic (exact) mass is 317 g/mol. The van der Waals surface area contributed by atoms with Crippen molar-refractivity contribution in [3.63, 3.8) is 0 Å². The average molecular weight is 317 g/mol. The first-order valence-corrected chi connectivity index (χ1v) is 7.01. The maximum atomic E-state index is 12.8. The maximum Gasteiger partial charge on any atom is 0.393 e. The number of hydrogen-bond donors (Lipinski definition) is 1. The highest BCUT2D eigenvalue weighted by molar-refractivity contribution is 5.79. The lowest BCUT2D eigenvalue weighted by atomic mass is 9.97. The van der Waals surface area contributed by atoms with E-state index in [-0.39, 0.29) is 25.1 Å². The number of hydrogen-bond acceptors (Lipinski definition) is 3. The van der Waals surface area contributed by atoms with E-state index < -0.39 is 18.0 Å². The van der Waals surface area contributed by atoms with Gasteiger partial charge in [0.1, 0.15) is 11.5 Å². The molecule has 7 heteroatoms. The van der Waals surface area contributed by atoms with Gasteiger partial charge in [0.15, 0.2) is 0 Å². The maximum absolute atomic E-state index is 12.8. The van der Waals surface area contributed by atoms with Crippen molar-refractivity contribution in [3.05, 3.63) is 23.8 Å². The molecule has 1 aromatic rings. The lowest BCUT2D eigenvalue weighted by molar-refractivity contribution is -0.187. The number of benzene rings is 1. The van der Waals surface area contributed by atoms with Crippen LogP contribution in [0.5, 0.6) is 11.5 Å². The summed E-state index contributed by atoms with van der Waals surface area (Å²) < 4.78 is 43.5. The topological polar surface area (TPSA) is 49.8 Å². The van der Waals surface area contributed by atoms with Crippen LogP contribution in [0.25, 0.3) is 0 Å². The minimum atomic E-state index is -4.28. The van der Waals surface area contributed by atoms with Crippen LogP contribution in [0, 0.1) is 5.92 Å². The van der Waals surface area contributed by atoms with Gasteiger partial charge in [-0.2, -0.15) is 13.2 Å². The molecule has 1 aliphatic heterocycles. The highest BCUT2D eigenvalue weighted by Crippen LogP contribution is 2.33. The largest absolute Gasteiger partial charge is 0.508 e. The molecule has 1 heterocycles. The molecule has 1 aliphatic rings. The average Bonchev–Trinajstić information content (AvgIpc) is 2.47. The standard InChI is InChI=1S/C15H18F3NO3/c1-22-13-5-4-12(20)7-10(13)8-14(21)19-6-2-3-11(9-19)15(16,17)18/h4-5,7,11,20H,2-3,6,8-9H2,1H3. The van der Waals surface area contributed by atoms with Gasteiger partial charge in [-0.3, -0.25) is 4.79 Å². The van der Waals surface area contributed by atoms with Crippen molar-refractivity contribution in [2.75, 3.05) is 20.2 Å². The van der Waals surface area contributed by atoms with Crippen molar-refractivity contribution in [1.29, 1.82) is 0 Å². The third kappa shape index (κ3) is 3.84. The molecule has 4 nitrogen and oxygen atoms in total. The number of phenols is 1. The molecule has 0 radical (unpaired) electrons. The van der Waals surface area contributed by atoms with Crippen LogP contribution < -0.4 is 4.74 Å². The Bertz CT molecular complexity index is 545. The van der Waals surface area contributed by atoms with Crippen molar-refractivity contribution in [1.82, 2.24) is 4.90 Å². The summed E-state index contributed by atoms with van der Waals surface area (Å²) in [5.41, 5.74) is 0.460. The van der Waals surface area contributed by atoms with Gasteiger partial charge >= 0.3 is 6.18 Å². The molecule has 1 N–H and O–H groups in total. The highest BCUT2D eigenvalue weighted by atomic mass is 19.4. The smallest absolute Gasteiger partial charge is 0.393 e. The van der Waals surface area contributed by atoms with Crippen LogP contribution >= 0.6 is 0 Å². The number of aromatic hydroxyl groups is 1. The van der Waals surface area contributed by atoms with Crippen molar-refractivity contribution in [3.8, 4) is 11.5 Å². The zero-order chi connectivity index (χ0) is 16.3. The molecule has 1 aromatic carbocycles. The van der Waals surface area contributed by atoms with Crippen LogP contribution in [0.15, 0.2) is 18.2 Å². The van der Waals surface area contributed by atoms with Crippen LogP contribution in [0.2, 0.25) is 0 Å². The van der Waals surface area contributed by atoms with Gasteiger partial charge in [-0.25, -0.2) is 0 Å². The van der Waals surface area contributed by atoms with E-state index in [0.29, 0.717) is 24.3 Å². The molecule has 2 rings (SSSR count). The SMILES string of the molecule is COc1ccc(O)cc1CC(=O)N1CCCC(C(F)(F)F)C1. The Balaban J connectivity index is 2.07. The molecule has 0 aromatic heterocycles. The molecule has 0 aliphatic carbocycles. The van der Waals surface area contributed by atoms with Gasteiger partial charge in [0.25, 0.3) is 0 Å². The van der Waals surface area contributed by atoms with Crippen LogP contribution in [0.3, 0.4) is 0 Å². The van der Waals surface area contributed by atoms with E-state index in [4.69, 9.17) is 4.74 Å². The number of piperidine rings is 1. The zero-order valence-corrected chi connectivity index (χ0v) is 12.2. The Morgan fingerprint density at radius 2 is 2.18 bits per heavy atom. The normalized spacial score (nSPS) is 19.1. The third-order valence-electron chi connectivity index (χ3n) is 3.84. The number of likely N-dealkylation sites (tertiary alicyclic amines) is 1. The molecule has 1 fully saturated rings. The van der Waals surface area contributed by atoms with E-state index in [2.05, 4.69) is 0 Å². The van der Waals surface area contributed by atoms with E-state index in [1.165, 1.54) is 30.2 Å². The van der Waals surface area contributed by atoms with Crippen molar-refractivity contribution in [2.45, 2.75) is 25.4 Å². The molecule has 1 saturated heterocycles. The number of carbonyl (C=O) groups excluding carboxylic acids is 1. The summed E-state index contributed by atoms with van der Waals surface area (Å²) in [6.45, 7) is 0.0238. The fraction of sp³-hybridized carbons (Fsp3) is 0.533. The second-order valence-corrected chi connectivity index (χ2v) is 5.39. The Morgan fingerprint density at radius 1 is 1.45 bits per heavy atom. The van der Waals surface area contributed by atoms with Gasteiger partial charge in [0, 0.05) is 18.7 Å². The number of halogens is 3. The van der Waals surface area contributed by atoms with Gasteiger partial charge in [0.05, 0.1) is 19.4 Å². The first-order valence-electron chi connectivity index (χ1n) is 7.01. The first-order chi connectivity index (χ1) is 10.3. The zero-order valence-electron chi connectivity index (χ0n) is 12.2. The molecule has 0 saturated carbocycles. The molecule has 1 unspecified atom stereocenters. The minimum Gasteiger partial charge on any atom is -0.508 e. The van der Waals surface area contributed by atoms with Gasteiger partial charge < -0.3 is 14.7 Å². The van der Waals surface area contributed by atoms with E-state index in [1.54, 1.807) is 0 Å². The summed E-state index contributed by atoms with van der Waals surface area (Å²) in [7, 11) is 1.43. The quantitative estimate of drug-likeness (QED) is 0.932. The minimum absolute atomic E-state index is 0.0181. The first kappa shape index (κ1) is 16.5. The molecule has 1 atom stereocenters. The highest BCUT2D eigenvalue weighted by Gasteiger charge is 2.42. The van der Waals surface area contributed by atoms with E-state index >= 15 is 0 Å². The van der Waals surface area contributed by atoms with Gasteiger partial charge in [-0.15, -0.1) is 0 Å². The van der Waals surface area contributed by atoms with Crippen molar-refractivity contribution in [2.24, 2.45) is 5.92 Å². The lowest BCUT2D eigenvalue weighted by Crippen LogP contribution is -2.45. The second-order valence-electron chi connectivity index (χ2n) is 5.39. The number of amides is 1. The van der Waals surface area contributed by atoms with Crippen LogP contribution in [0.4, 0.5) is 13.2 Å². The molecule has 0 spiro atoms. The van der Waals surface area contributed by atoms with E-state index in [1.807, 2.05) is 0 Å². The van der Waals surface area contributed by atoms with Crippen LogP contribution in [-0.2, 0) is 11.2 Å². The summed E-state index contributed by atoms with van der Waals surface area (Å²) in [5, 5.41) is 9.48. The molecule has 122 valence electrons. The molecular weight excluding hydrogens is 299 g/mol. The number of alkyl halides is 3. The fourth-order valence-corrected chi connectivity index (χ4v) is 2.65. The Kier molecular flexibility index (Phi) is 4.83. The number of rotatable bonds is 3. The lowest BCUT2D eigenvalue weighted by Gasteiger charge is -2.33. The van der Waals surface area contributed by atoms with E-state index in [0.717, 1.165) is 0 Å². The number of phenolic OH excluding ortho intramolecular Hbond substituents is 1. The van der Waals surface area contributed by atoms with Crippen molar-refractivity contribution < 1.29 is 27.8 Å². The number of ether oxygens (including phenoxy) is 1. The number of nitrogens with zero attached hydrogens (tertiary/aromatic N) is 1. The Hall–Kier alpha value is -1.92. The third-order valence-corrected chi connectivity index (χ3v) is 3.84. The van der Waals surface area contributed by atoms with E-state index in [9.17, 15) is 23.1 Å².